The molecule has 0 amide bonds. The van der Waals surface area contributed by atoms with Crippen LogP contribution in [0.25, 0.3) is 0 Å². The molecule has 1 atom stereocenters. The summed E-state index contributed by atoms with van der Waals surface area (Å²) in [6.45, 7) is 2.07. The minimum atomic E-state index is -0.0423. The monoisotopic (exact) mass is 285 g/mol. The van der Waals surface area contributed by atoms with Gasteiger partial charge in [-0.1, -0.05) is 45.4 Å². The fourth-order valence-corrected chi connectivity index (χ4v) is 2.34. The van der Waals surface area contributed by atoms with Crippen molar-refractivity contribution in [2.45, 2.75) is 83.5 Å². The highest BCUT2D eigenvalue weighted by Gasteiger charge is 2.04. The molecule has 4 nitrogen and oxygen atoms in total. The van der Waals surface area contributed by atoms with Gasteiger partial charge < -0.3 is 9.47 Å². The van der Waals surface area contributed by atoms with Crippen molar-refractivity contribution in [2.24, 2.45) is 4.99 Å². The first-order valence-corrected chi connectivity index (χ1v) is 7.91. The minimum absolute atomic E-state index is 0.0423. The molecule has 0 radical (unpaired) electrons. The summed E-state index contributed by atoms with van der Waals surface area (Å²) in [5.41, 5.74) is 0. The number of isocyanates is 1. The van der Waals surface area contributed by atoms with Crippen molar-refractivity contribution in [1.29, 1.82) is 0 Å². The van der Waals surface area contributed by atoms with Crippen LogP contribution in [-0.4, -0.2) is 32.6 Å². The molecule has 20 heavy (non-hydrogen) atoms. The SMILES string of the molecule is CCC(CCCCCCCCCC(OC)OC)N=C=O. The lowest BCUT2D eigenvalue weighted by Gasteiger charge is -2.12. The van der Waals surface area contributed by atoms with E-state index < -0.39 is 0 Å². The average Bonchev–Trinajstić information content (AvgIpc) is 2.48. The van der Waals surface area contributed by atoms with E-state index in [1.807, 2.05) is 0 Å². The van der Waals surface area contributed by atoms with Crippen LogP contribution in [0.1, 0.15) is 71.1 Å². The molecule has 0 rings (SSSR count). The van der Waals surface area contributed by atoms with E-state index in [0.29, 0.717) is 0 Å². The molecule has 0 N–H and O–H groups in total. The normalized spacial score (nSPS) is 12.4. The zero-order chi connectivity index (χ0) is 15.1. The smallest absolute Gasteiger partial charge is 0.235 e. The predicted octanol–water partition coefficient (Wildman–Crippen LogP) is 4.23. The van der Waals surface area contributed by atoms with E-state index in [1.54, 1.807) is 20.3 Å². The first-order valence-electron chi connectivity index (χ1n) is 7.91. The van der Waals surface area contributed by atoms with E-state index in [1.165, 1.54) is 38.5 Å². The Morgan fingerprint density at radius 3 is 1.85 bits per heavy atom. The molecule has 0 saturated heterocycles. The van der Waals surface area contributed by atoms with Gasteiger partial charge in [-0.05, 0) is 25.7 Å². The summed E-state index contributed by atoms with van der Waals surface area (Å²) in [6, 6.07) is 0.188. The van der Waals surface area contributed by atoms with Crippen LogP contribution in [0.5, 0.6) is 0 Å². The highest BCUT2D eigenvalue weighted by atomic mass is 16.7. The maximum absolute atomic E-state index is 10.2. The molecule has 0 aliphatic carbocycles. The predicted molar refractivity (Wildman–Crippen MR) is 81.6 cm³/mol. The molecule has 0 aromatic carbocycles. The second-order valence-electron chi connectivity index (χ2n) is 5.24. The van der Waals surface area contributed by atoms with Crippen LogP contribution in [0.3, 0.4) is 0 Å². The Morgan fingerprint density at radius 1 is 0.900 bits per heavy atom. The highest BCUT2D eigenvalue weighted by Crippen LogP contribution is 2.14. The second-order valence-corrected chi connectivity index (χ2v) is 5.24. The number of aliphatic imine (C=N–C) groups is 1. The third kappa shape index (κ3) is 11.2. The third-order valence-electron chi connectivity index (χ3n) is 3.71. The van der Waals surface area contributed by atoms with Crippen LogP contribution in [0.4, 0.5) is 0 Å². The van der Waals surface area contributed by atoms with E-state index in [2.05, 4.69) is 11.9 Å². The van der Waals surface area contributed by atoms with Crippen molar-refractivity contribution in [3.8, 4) is 0 Å². The summed E-state index contributed by atoms with van der Waals surface area (Å²) in [5, 5.41) is 0. The summed E-state index contributed by atoms with van der Waals surface area (Å²) in [6.07, 6.45) is 13.2. The van der Waals surface area contributed by atoms with Gasteiger partial charge in [0.05, 0.1) is 6.04 Å². The molecule has 0 aliphatic rings. The number of methoxy groups -OCH3 is 2. The fourth-order valence-electron chi connectivity index (χ4n) is 2.34. The van der Waals surface area contributed by atoms with Gasteiger partial charge in [-0.3, -0.25) is 0 Å². The Morgan fingerprint density at radius 2 is 1.40 bits per heavy atom. The Kier molecular flexibility index (Phi) is 14.2. The van der Waals surface area contributed by atoms with Gasteiger partial charge in [0, 0.05) is 14.2 Å². The van der Waals surface area contributed by atoms with E-state index in [4.69, 9.17) is 9.47 Å². The average molecular weight is 285 g/mol. The van der Waals surface area contributed by atoms with Gasteiger partial charge in [-0.2, -0.15) is 0 Å². The van der Waals surface area contributed by atoms with E-state index in [9.17, 15) is 4.79 Å². The zero-order valence-corrected chi connectivity index (χ0v) is 13.4. The zero-order valence-electron chi connectivity index (χ0n) is 13.4. The van der Waals surface area contributed by atoms with Crippen molar-refractivity contribution >= 4 is 6.08 Å². The van der Waals surface area contributed by atoms with Gasteiger partial charge in [0.15, 0.2) is 6.29 Å². The van der Waals surface area contributed by atoms with Gasteiger partial charge in [-0.25, -0.2) is 9.79 Å². The van der Waals surface area contributed by atoms with Crippen LogP contribution in [0, 0.1) is 0 Å². The lowest BCUT2D eigenvalue weighted by molar-refractivity contribution is -0.107. The van der Waals surface area contributed by atoms with E-state index >= 15 is 0 Å². The summed E-state index contributed by atoms with van der Waals surface area (Å²) >= 11 is 0. The standard InChI is InChI=1S/C16H31NO3/c1-4-15(17-14-18)12-10-8-6-5-7-9-11-13-16(19-2)20-3/h15-16H,4-13H2,1-3H3. The van der Waals surface area contributed by atoms with Crippen molar-refractivity contribution in [3.05, 3.63) is 0 Å². The fraction of sp³-hybridized carbons (Fsp3) is 0.938. The quantitative estimate of drug-likeness (QED) is 0.208. The number of ether oxygens (including phenoxy) is 2. The Balaban J connectivity index is 3.30. The third-order valence-corrected chi connectivity index (χ3v) is 3.71. The number of hydrogen-bond donors (Lipinski definition) is 0. The number of unbranched alkanes of at least 4 members (excludes halogenated alkanes) is 6. The van der Waals surface area contributed by atoms with Crippen molar-refractivity contribution in [1.82, 2.24) is 0 Å². The summed E-state index contributed by atoms with van der Waals surface area (Å²) in [5.74, 6) is 0. The molecule has 0 heterocycles. The lowest BCUT2D eigenvalue weighted by Crippen LogP contribution is -2.12. The van der Waals surface area contributed by atoms with Crippen LogP contribution in [0.15, 0.2) is 4.99 Å². The van der Waals surface area contributed by atoms with Crippen LogP contribution < -0.4 is 0 Å². The van der Waals surface area contributed by atoms with Gasteiger partial charge in [0.25, 0.3) is 0 Å². The Labute approximate surface area is 123 Å². The number of hydrogen-bond acceptors (Lipinski definition) is 4. The van der Waals surface area contributed by atoms with Crippen molar-refractivity contribution in [3.63, 3.8) is 0 Å². The maximum atomic E-state index is 10.2. The van der Waals surface area contributed by atoms with Gasteiger partial charge in [0.1, 0.15) is 0 Å². The van der Waals surface area contributed by atoms with E-state index in [-0.39, 0.29) is 12.3 Å². The van der Waals surface area contributed by atoms with Gasteiger partial charge in [-0.15, -0.1) is 0 Å². The molecule has 0 aromatic rings. The van der Waals surface area contributed by atoms with Gasteiger partial charge in [0.2, 0.25) is 6.08 Å². The molecule has 0 spiro atoms. The molecule has 1 unspecified atom stereocenters. The van der Waals surface area contributed by atoms with E-state index in [0.717, 1.165) is 25.7 Å². The largest absolute Gasteiger partial charge is 0.356 e. The van der Waals surface area contributed by atoms with Crippen molar-refractivity contribution in [2.75, 3.05) is 14.2 Å². The first-order chi connectivity index (χ1) is 9.78. The number of carbonyl (C=O) groups excluding carboxylic acids is 1. The Bertz CT molecular complexity index is 248. The molecule has 0 bridgehead atoms. The Hall–Kier alpha value is -0.700. The molecular weight excluding hydrogens is 254 g/mol. The molecule has 0 saturated carbocycles. The molecule has 118 valence electrons. The summed E-state index contributed by atoms with van der Waals surface area (Å²) in [4.78, 5) is 14.0. The topological polar surface area (TPSA) is 47.9 Å². The number of rotatable bonds is 14. The minimum Gasteiger partial charge on any atom is -0.356 e. The summed E-state index contributed by atoms with van der Waals surface area (Å²) < 4.78 is 10.3. The molecule has 0 aliphatic heterocycles. The summed E-state index contributed by atoms with van der Waals surface area (Å²) in [7, 11) is 3.37. The second kappa shape index (κ2) is 14.7. The maximum Gasteiger partial charge on any atom is 0.235 e. The molecule has 4 heteroatoms. The molecule has 0 aromatic heterocycles. The van der Waals surface area contributed by atoms with Crippen LogP contribution in [0.2, 0.25) is 0 Å². The lowest BCUT2D eigenvalue weighted by atomic mass is 10.0. The molecular formula is C16H31NO3. The highest BCUT2D eigenvalue weighted by molar-refractivity contribution is 5.33. The van der Waals surface area contributed by atoms with Crippen LogP contribution >= 0.6 is 0 Å². The van der Waals surface area contributed by atoms with Crippen molar-refractivity contribution < 1.29 is 14.3 Å². The molecule has 0 fully saturated rings. The first kappa shape index (κ1) is 19.3. The number of nitrogens with zero attached hydrogens (tertiary/aromatic N) is 1. The van der Waals surface area contributed by atoms with Crippen LogP contribution in [-0.2, 0) is 14.3 Å². The van der Waals surface area contributed by atoms with Gasteiger partial charge >= 0.3 is 0 Å².